The van der Waals surface area contributed by atoms with Crippen molar-refractivity contribution < 1.29 is 8.42 Å². The first kappa shape index (κ1) is 14.6. The summed E-state index contributed by atoms with van der Waals surface area (Å²) in [6, 6.07) is 2.98. The van der Waals surface area contributed by atoms with Gasteiger partial charge in [0.25, 0.3) is 10.0 Å². The molecule has 19 heavy (non-hydrogen) atoms. The summed E-state index contributed by atoms with van der Waals surface area (Å²) < 4.78 is 24.7. The molecule has 1 aliphatic heterocycles. The van der Waals surface area contributed by atoms with Gasteiger partial charge in [-0.3, -0.25) is 0 Å². The van der Waals surface area contributed by atoms with Gasteiger partial charge < -0.3 is 5.73 Å². The highest BCUT2D eigenvalue weighted by molar-refractivity contribution is 7.89. The van der Waals surface area contributed by atoms with E-state index in [1.807, 2.05) is 0 Å². The lowest BCUT2D eigenvalue weighted by molar-refractivity contribution is 0.200. The minimum atomic E-state index is -3.62. The van der Waals surface area contributed by atoms with Crippen LogP contribution in [-0.4, -0.2) is 26.5 Å². The summed E-state index contributed by atoms with van der Waals surface area (Å²) >= 11 is 5.89. The molecular weight excluding hydrogens is 286 g/mol. The van der Waals surface area contributed by atoms with E-state index < -0.39 is 10.0 Å². The average molecular weight is 304 g/mol. The van der Waals surface area contributed by atoms with Gasteiger partial charge in [-0.25, -0.2) is 13.4 Å². The van der Waals surface area contributed by atoms with Crippen LogP contribution < -0.4 is 10.6 Å². The third kappa shape index (κ3) is 3.39. The van der Waals surface area contributed by atoms with Gasteiger partial charge in [-0.05, 0) is 37.5 Å². The number of hydrogen-bond acceptors (Lipinski definition) is 4. The normalized spacial score (nSPS) is 17.6. The number of nitrogens with two attached hydrogens (primary N) is 1. The summed E-state index contributed by atoms with van der Waals surface area (Å²) in [6.45, 7) is 3.14. The lowest BCUT2D eigenvalue weighted by atomic mass is 10.2. The van der Waals surface area contributed by atoms with E-state index in [4.69, 9.17) is 17.3 Å². The molecule has 1 aromatic rings. The molecule has 0 amide bonds. The molecule has 0 atom stereocenters. The van der Waals surface area contributed by atoms with Gasteiger partial charge in [-0.2, -0.15) is 0 Å². The number of nitrogen functional groups attached to an aromatic ring is 1. The molecule has 0 radical (unpaired) electrons. The number of piperidine rings is 1. The van der Waals surface area contributed by atoms with Crippen LogP contribution in [0, 0.1) is 6.92 Å². The van der Waals surface area contributed by atoms with E-state index in [9.17, 15) is 8.42 Å². The smallest absolute Gasteiger partial charge is 0.253 e. The maximum Gasteiger partial charge on any atom is 0.253 e. The Labute approximate surface area is 118 Å². The molecule has 0 saturated carbocycles. The Bertz CT molecular complexity index is 569. The van der Waals surface area contributed by atoms with Gasteiger partial charge in [-0.1, -0.05) is 18.0 Å². The third-order valence-electron chi connectivity index (χ3n) is 3.26. The molecule has 2 rings (SSSR count). The quantitative estimate of drug-likeness (QED) is 0.836. The summed E-state index contributed by atoms with van der Waals surface area (Å²) in [6.07, 6.45) is 3.14. The van der Waals surface area contributed by atoms with E-state index >= 15 is 0 Å². The minimum absolute atomic E-state index is 0.142. The Balaban J connectivity index is 2.28. The minimum Gasteiger partial charge on any atom is -0.398 e. The first-order valence-corrected chi connectivity index (χ1v) is 8.09. The van der Waals surface area contributed by atoms with Gasteiger partial charge in [0, 0.05) is 23.8 Å². The molecule has 1 heterocycles. The van der Waals surface area contributed by atoms with Crippen molar-refractivity contribution in [1.82, 2.24) is 9.84 Å². The number of anilines is 1. The van der Waals surface area contributed by atoms with Gasteiger partial charge >= 0.3 is 0 Å². The standard InChI is InChI=1S/C12H18ClN3O2S/c1-9-11(14)7-10(13)8-12(9)19(17,18)15-16-5-3-2-4-6-16/h7-8,15H,2-6,14H2,1H3. The van der Waals surface area contributed by atoms with Crippen LogP contribution in [0.15, 0.2) is 17.0 Å². The van der Waals surface area contributed by atoms with E-state index in [1.54, 1.807) is 18.0 Å². The molecule has 1 fully saturated rings. The van der Waals surface area contributed by atoms with Gasteiger partial charge in [0.2, 0.25) is 0 Å². The predicted octanol–water partition coefficient (Wildman–Crippen LogP) is 1.91. The monoisotopic (exact) mass is 303 g/mol. The topological polar surface area (TPSA) is 75.4 Å². The van der Waals surface area contributed by atoms with Crippen LogP contribution >= 0.6 is 11.6 Å². The molecule has 3 N–H and O–H groups in total. The zero-order chi connectivity index (χ0) is 14.0. The molecule has 1 aromatic carbocycles. The van der Waals surface area contributed by atoms with Crippen molar-refractivity contribution in [3.63, 3.8) is 0 Å². The van der Waals surface area contributed by atoms with Crippen molar-refractivity contribution in [3.05, 3.63) is 22.7 Å². The van der Waals surface area contributed by atoms with Crippen molar-refractivity contribution in [2.24, 2.45) is 0 Å². The molecule has 1 aliphatic rings. The van der Waals surface area contributed by atoms with Crippen molar-refractivity contribution in [2.75, 3.05) is 18.8 Å². The second kappa shape index (κ2) is 5.66. The fraction of sp³-hybridized carbons (Fsp3) is 0.500. The van der Waals surface area contributed by atoms with Crippen LogP contribution in [0.1, 0.15) is 24.8 Å². The van der Waals surface area contributed by atoms with E-state index in [-0.39, 0.29) is 4.90 Å². The summed E-state index contributed by atoms with van der Waals surface area (Å²) in [4.78, 5) is 2.74. The molecule has 7 heteroatoms. The number of halogens is 1. The highest BCUT2D eigenvalue weighted by Crippen LogP contribution is 2.26. The lowest BCUT2D eigenvalue weighted by Crippen LogP contribution is -2.45. The van der Waals surface area contributed by atoms with Crippen LogP contribution in [0.25, 0.3) is 0 Å². The highest BCUT2D eigenvalue weighted by atomic mass is 35.5. The Hall–Kier alpha value is -0.820. The van der Waals surface area contributed by atoms with E-state index in [1.165, 1.54) is 6.07 Å². The Morgan fingerprint density at radius 2 is 1.89 bits per heavy atom. The fourth-order valence-electron chi connectivity index (χ4n) is 2.16. The maximum atomic E-state index is 12.4. The second-order valence-corrected chi connectivity index (χ2v) is 6.83. The third-order valence-corrected chi connectivity index (χ3v) is 4.98. The SMILES string of the molecule is Cc1c(N)cc(Cl)cc1S(=O)(=O)NN1CCCCC1. The molecule has 0 aromatic heterocycles. The van der Waals surface area contributed by atoms with Gasteiger partial charge in [0.15, 0.2) is 0 Å². The number of benzene rings is 1. The number of sulfonamides is 1. The highest BCUT2D eigenvalue weighted by Gasteiger charge is 2.23. The largest absolute Gasteiger partial charge is 0.398 e. The van der Waals surface area contributed by atoms with Crippen LogP contribution in [-0.2, 0) is 10.0 Å². The molecule has 5 nitrogen and oxygen atoms in total. The zero-order valence-electron chi connectivity index (χ0n) is 10.8. The Morgan fingerprint density at radius 1 is 1.26 bits per heavy atom. The average Bonchev–Trinajstić information content (AvgIpc) is 2.34. The first-order chi connectivity index (χ1) is 8.90. The van der Waals surface area contributed by atoms with Crippen molar-refractivity contribution in [3.8, 4) is 0 Å². The van der Waals surface area contributed by atoms with Crippen LogP contribution in [0.2, 0.25) is 5.02 Å². The number of hydrazine groups is 1. The molecule has 0 bridgehead atoms. The zero-order valence-corrected chi connectivity index (χ0v) is 12.4. The number of rotatable bonds is 3. The molecule has 0 aliphatic carbocycles. The van der Waals surface area contributed by atoms with Crippen molar-refractivity contribution in [1.29, 1.82) is 0 Å². The number of hydrogen-bond donors (Lipinski definition) is 2. The molecular formula is C12H18ClN3O2S. The molecule has 106 valence electrons. The van der Waals surface area contributed by atoms with Crippen LogP contribution in [0.3, 0.4) is 0 Å². The van der Waals surface area contributed by atoms with Gasteiger partial charge in [0.05, 0.1) is 4.90 Å². The fourth-order valence-corrected chi connectivity index (χ4v) is 3.87. The predicted molar refractivity (Wildman–Crippen MR) is 76.3 cm³/mol. The summed E-state index contributed by atoms with van der Waals surface area (Å²) in [7, 11) is -3.62. The van der Waals surface area contributed by atoms with Crippen molar-refractivity contribution >= 4 is 27.3 Å². The Morgan fingerprint density at radius 3 is 2.53 bits per heavy atom. The molecule has 0 spiro atoms. The van der Waals surface area contributed by atoms with Gasteiger partial charge in [-0.15, -0.1) is 4.83 Å². The number of nitrogens with one attached hydrogen (secondary N) is 1. The maximum absolute atomic E-state index is 12.4. The molecule has 1 saturated heterocycles. The van der Waals surface area contributed by atoms with Crippen LogP contribution in [0.5, 0.6) is 0 Å². The van der Waals surface area contributed by atoms with E-state index in [0.29, 0.717) is 16.3 Å². The van der Waals surface area contributed by atoms with Crippen molar-refractivity contribution in [2.45, 2.75) is 31.1 Å². The molecule has 0 unspecified atom stereocenters. The summed E-state index contributed by atoms with van der Waals surface area (Å²) in [5.41, 5.74) is 6.66. The lowest BCUT2D eigenvalue weighted by Gasteiger charge is -2.27. The van der Waals surface area contributed by atoms with Crippen LogP contribution in [0.4, 0.5) is 5.69 Å². The number of nitrogens with zero attached hydrogens (tertiary/aromatic N) is 1. The van der Waals surface area contributed by atoms with E-state index in [0.717, 1.165) is 32.4 Å². The van der Waals surface area contributed by atoms with E-state index in [2.05, 4.69) is 4.83 Å². The Kier molecular flexibility index (Phi) is 4.35. The summed E-state index contributed by atoms with van der Waals surface area (Å²) in [5.74, 6) is 0. The van der Waals surface area contributed by atoms with Gasteiger partial charge in [0.1, 0.15) is 0 Å². The first-order valence-electron chi connectivity index (χ1n) is 6.23. The second-order valence-electron chi connectivity index (χ2n) is 4.76. The summed E-state index contributed by atoms with van der Waals surface area (Å²) in [5, 5.41) is 2.05.